The number of hydrogen-bond donors (Lipinski definition) is 0. The molecule has 2 fully saturated rings. The molecule has 1 aliphatic heterocycles. The summed E-state index contributed by atoms with van der Waals surface area (Å²) < 4.78 is 10.5. The Morgan fingerprint density at radius 2 is 2.05 bits per heavy atom. The number of carbonyl (C=O) groups excluding carboxylic acids is 2. The van der Waals surface area contributed by atoms with Crippen LogP contribution >= 0.6 is 11.6 Å². The third-order valence-corrected chi connectivity index (χ3v) is 4.54. The zero-order valence-corrected chi connectivity index (χ0v) is 14.4. The van der Waals surface area contributed by atoms with Crippen molar-refractivity contribution in [1.82, 2.24) is 4.90 Å². The fourth-order valence-corrected chi connectivity index (χ4v) is 3.39. The normalized spacial score (nSPS) is 29.8. The van der Waals surface area contributed by atoms with Crippen LogP contribution in [-0.2, 0) is 14.3 Å². The van der Waals surface area contributed by atoms with Gasteiger partial charge in [-0.25, -0.2) is 9.59 Å². The minimum absolute atomic E-state index is 0.0528. The third-order valence-electron chi connectivity index (χ3n) is 4.16. The van der Waals surface area contributed by atoms with Gasteiger partial charge in [-0.05, 0) is 39.5 Å². The highest BCUT2D eigenvalue weighted by Crippen LogP contribution is 2.55. The van der Waals surface area contributed by atoms with Crippen LogP contribution in [0.2, 0.25) is 0 Å². The highest BCUT2D eigenvalue weighted by atomic mass is 35.5. The van der Waals surface area contributed by atoms with Gasteiger partial charge < -0.3 is 9.47 Å². The number of hydrogen-bond acceptors (Lipinski definition) is 4. The quantitative estimate of drug-likeness (QED) is 0.452. The molecule has 0 spiro atoms. The van der Waals surface area contributed by atoms with Gasteiger partial charge in [0.1, 0.15) is 11.1 Å². The number of rotatable bonds is 4. The second-order valence-corrected chi connectivity index (χ2v) is 7.47. The number of fused-ring (bicyclic) bond motifs is 1. The Hall–Kier alpha value is -1.23. The molecular formula is C16H24ClNO4. The Balaban J connectivity index is 2.32. The second kappa shape index (κ2) is 5.76. The standard InChI is InChI=1S/C16H24ClNO4/c1-10(9-17)7-16(13(19)21-5)8-11-6-12(11)18(16)14(20)22-15(2,3)4/h11-12H,1,6-9H2,2-5H3/t11?,12-,16-/m1/s1. The number of esters is 1. The van der Waals surface area contributed by atoms with Crippen molar-refractivity contribution in [1.29, 1.82) is 0 Å². The maximum absolute atomic E-state index is 12.6. The molecule has 1 saturated heterocycles. The lowest BCUT2D eigenvalue weighted by Gasteiger charge is -2.39. The summed E-state index contributed by atoms with van der Waals surface area (Å²) in [6.45, 7) is 9.31. The lowest BCUT2D eigenvalue weighted by Crippen LogP contribution is -2.57. The molecule has 1 aliphatic carbocycles. The molecule has 2 aliphatic rings. The minimum Gasteiger partial charge on any atom is -0.467 e. The van der Waals surface area contributed by atoms with E-state index in [1.165, 1.54) is 7.11 Å². The first kappa shape index (κ1) is 17.1. The summed E-state index contributed by atoms with van der Waals surface area (Å²) in [5.41, 5.74) is -0.937. The molecule has 1 unspecified atom stereocenters. The average molecular weight is 330 g/mol. The summed E-state index contributed by atoms with van der Waals surface area (Å²) in [7, 11) is 1.34. The topological polar surface area (TPSA) is 55.8 Å². The lowest BCUT2D eigenvalue weighted by molar-refractivity contribution is -0.154. The van der Waals surface area contributed by atoms with E-state index in [0.717, 1.165) is 6.42 Å². The van der Waals surface area contributed by atoms with E-state index >= 15 is 0 Å². The molecule has 2 rings (SSSR count). The van der Waals surface area contributed by atoms with E-state index in [9.17, 15) is 9.59 Å². The van der Waals surface area contributed by atoms with E-state index in [4.69, 9.17) is 21.1 Å². The maximum atomic E-state index is 12.6. The number of carbonyl (C=O) groups is 2. The number of amides is 1. The summed E-state index contributed by atoms with van der Waals surface area (Å²) in [4.78, 5) is 26.7. The molecule has 0 aromatic heterocycles. The van der Waals surface area contributed by atoms with E-state index in [-0.39, 0.29) is 11.9 Å². The van der Waals surface area contributed by atoms with Crippen LogP contribution in [0, 0.1) is 5.92 Å². The Kier molecular flexibility index (Phi) is 4.49. The first-order valence-corrected chi connectivity index (χ1v) is 8.01. The summed E-state index contributed by atoms with van der Waals surface area (Å²) in [6.07, 6.45) is 1.34. The summed E-state index contributed by atoms with van der Waals surface area (Å²) in [5, 5.41) is 0. The lowest BCUT2D eigenvalue weighted by atomic mass is 9.87. The van der Waals surface area contributed by atoms with Crippen molar-refractivity contribution in [2.45, 2.75) is 57.2 Å². The van der Waals surface area contributed by atoms with Crippen LogP contribution < -0.4 is 0 Å². The third kappa shape index (κ3) is 3.09. The van der Waals surface area contributed by atoms with E-state index in [1.807, 2.05) is 20.8 Å². The molecule has 5 nitrogen and oxygen atoms in total. The van der Waals surface area contributed by atoms with Gasteiger partial charge >= 0.3 is 12.1 Å². The van der Waals surface area contributed by atoms with E-state index in [0.29, 0.717) is 24.3 Å². The highest BCUT2D eigenvalue weighted by Gasteiger charge is 2.66. The zero-order valence-electron chi connectivity index (χ0n) is 13.6. The largest absolute Gasteiger partial charge is 0.467 e. The van der Waals surface area contributed by atoms with Crippen LogP contribution in [0.1, 0.15) is 40.0 Å². The van der Waals surface area contributed by atoms with E-state index in [2.05, 4.69) is 6.58 Å². The smallest absolute Gasteiger partial charge is 0.411 e. The molecule has 0 bridgehead atoms. The molecule has 1 amide bonds. The number of halogens is 1. The molecular weight excluding hydrogens is 306 g/mol. The first-order valence-electron chi connectivity index (χ1n) is 7.48. The predicted molar refractivity (Wildman–Crippen MR) is 83.8 cm³/mol. The van der Waals surface area contributed by atoms with E-state index < -0.39 is 23.2 Å². The van der Waals surface area contributed by atoms with Crippen molar-refractivity contribution < 1.29 is 19.1 Å². The van der Waals surface area contributed by atoms with Crippen LogP contribution in [0.4, 0.5) is 4.79 Å². The van der Waals surface area contributed by atoms with Crippen molar-refractivity contribution in [3.63, 3.8) is 0 Å². The van der Waals surface area contributed by atoms with Gasteiger partial charge in [-0.2, -0.15) is 0 Å². The molecule has 0 radical (unpaired) electrons. The van der Waals surface area contributed by atoms with Crippen molar-refractivity contribution in [2.24, 2.45) is 5.92 Å². The molecule has 124 valence electrons. The molecule has 0 N–H and O–H groups in total. The summed E-state index contributed by atoms with van der Waals surface area (Å²) in [6, 6.07) is 0.0528. The number of alkyl halides is 1. The van der Waals surface area contributed by atoms with Crippen LogP contribution in [0.5, 0.6) is 0 Å². The SMILES string of the molecule is C=C(CCl)C[C@]1(C(=O)OC)CC2C[C@H]2N1C(=O)OC(C)(C)C. The van der Waals surface area contributed by atoms with Gasteiger partial charge in [0.05, 0.1) is 7.11 Å². The molecule has 1 heterocycles. The fourth-order valence-electron chi connectivity index (χ4n) is 3.30. The van der Waals surface area contributed by atoms with Gasteiger partial charge in [0, 0.05) is 18.3 Å². The average Bonchev–Trinajstić information content (AvgIpc) is 3.06. The van der Waals surface area contributed by atoms with Crippen molar-refractivity contribution in [3.8, 4) is 0 Å². The molecule has 1 saturated carbocycles. The molecule has 3 atom stereocenters. The zero-order chi connectivity index (χ0) is 16.7. The van der Waals surface area contributed by atoms with Crippen molar-refractivity contribution in [3.05, 3.63) is 12.2 Å². The number of piperidine rings is 1. The maximum Gasteiger partial charge on any atom is 0.411 e. The second-order valence-electron chi connectivity index (χ2n) is 7.20. The number of likely N-dealkylation sites (tertiary alicyclic amines) is 1. The van der Waals surface area contributed by atoms with Crippen LogP contribution in [0.25, 0.3) is 0 Å². The Bertz CT molecular complexity index is 499. The van der Waals surface area contributed by atoms with Crippen LogP contribution in [-0.4, -0.2) is 47.1 Å². The minimum atomic E-state index is -1.03. The monoisotopic (exact) mass is 329 g/mol. The van der Waals surface area contributed by atoms with Gasteiger partial charge in [0.25, 0.3) is 0 Å². The van der Waals surface area contributed by atoms with Gasteiger partial charge in [-0.1, -0.05) is 12.2 Å². The molecule has 22 heavy (non-hydrogen) atoms. The van der Waals surface area contributed by atoms with Gasteiger partial charge in [0.2, 0.25) is 0 Å². The summed E-state index contributed by atoms with van der Waals surface area (Å²) in [5.74, 6) is 0.155. The van der Waals surface area contributed by atoms with Crippen LogP contribution in [0.15, 0.2) is 12.2 Å². The first-order chi connectivity index (χ1) is 10.1. The van der Waals surface area contributed by atoms with Gasteiger partial charge in [-0.15, -0.1) is 11.6 Å². The van der Waals surface area contributed by atoms with Crippen molar-refractivity contribution >= 4 is 23.7 Å². The number of methoxy groups -OCH3 is 1. The summed E-state index contributed by atoms with van der Waals surface area (Å²) >= 11 is 5.84. The predicted octanol–water partition coefficient (Wildman–Crippen LogP) is 3.11. The van der Waals surface area contributed by atoms with Crippen molar-refractivity contribution in [2.75, 3.05) is 13.0 Å². The highest BCUT2D eigenvalue weighted by molar-refractivity contribution is 6.19. The Morgan fingerprint density at radius 1 is 1.41 bits per heavy atom. The fraction of sp³-hybridized carbons (Fsp3) is 0.750. The Labute approximate surface area is 136 Å². The number of ether oxygens (including phenoxy) is 2. The molecule has 0 aromatic carbocycles. The van der Waals surface area contributed by atoms with Gasteiger partial charge in [-0.3, -0.25) is 4.90 Å². The molecule has 6 heteroatoms. The number of nitrogens with zero attached hydrogens (tertiary/aromatic N) is 1. The van der Waals surface area contributed by atoms with Gasteiger partial charge in [0.15, 0.2) is 0 Å². The Morgan fingerprint density at radius 3 is 2.55 bits per heavy atom. The molecule has 0 aromatic rings. The van der Waals surface area contributed by atoms with Crippen LogP contribution in [0.3, 0.4) is 0 Å². The van der Waals surface area contributed by atoms with E-state index in [1.54, 1.807) is 4.90 Å².